The highest BCUT2D eigenvalue weighted by Crippen LogP contribution is 2.37. The highest BCUT2D eigenvalue weighted by atomic mass is 16.3. The van der Waals surface area contributed by atoms with Crippen LogP contribution < -0.4 is 0 Å². The first-order chi connectivity index (χ1) is 5.79. The van der Waals surface area contributed by atoms with Crippen LogP contribution in [0.4, 0.5) is 0 Å². The second-order valence-corrected chi connectivity index (χ2v) is 4.01. The molecule has 0 radical (unpaired) electrons. The third-order valence-corrected chi connectivity index (χ3v) is 2.89. The van der Waals surface area contributed by atoms with Crippen LogP contribution in [0.5, 0.6) is 0 Å². The van der Waals surface area contributed by atoms with Crippen molar-refractivity contribution in [2.24, 2.45) is 0 Å². The molecule has 0 saturated heterocycles. The molecule has 66 valence electrons. The Morgan fingerprint density at radius 2 is 2.17 bits per heavy atom. The van der Waals surface area contributed by atoms with E-state index < -0.39 is 0 Å². The van der Waals surface area contributed by atoms with Crippen molar-refractivity contribution in [2.45, 2.75) is 44.1 Å². The van der Waals surface area contributed by atoms with Gasteiger partial charge >= 0.3 is 0 Å². The number of aliphatic hydroxyl groups is 1. The van der Waals surface area contributed by atoms with Crippen LogP contribution in [-0.4, -0.2) is 10.7 Å². The minimum Gasteiger partial charge on any atom is -0.390 e. The van der Waals surface area contributed by atoms with Gasteiger partial charge in [-0.15, -0.1) is 0 Å². The molecular formula is C11H16O. The molecule has 0 spiro atoms. The van der Waals surface area contributed by atoms with Gasteiger partial charge in [0.2, 0.25) is 0 Å². The van der Waals surface area contributed by atoms with Crippen molar-refractivity contribution in [1.29, 1.82) is 0 Å². The molecule has 0 aromatic heterocycles. The van der Waals surface area contributed by atoms with E-state index in [1.807, 2.05) is 0 Å². The Morgan fingerprint density at radius 1 is 1.33 bits per heavy atom. The van der Waals surface area contributed by atoms with Gasteiger partial charge in [-0.25, -0.2) is 0 Å². The number of allylic oxidation sites excluding steroid dienone is 3. The largest absolute Gasteiger partial charge is 0.390 e. The molecule has 2 aliphatic carbocycles. The maximum Gasteiger partial charge on any atom is 0.0687 e. The average molecular weight is 164 g/mol. The smallest absolute Gasteiger partial charge is 0.0687 e. The van der Waals surface area contributed by atoms with Crippen molar-refractivity contribution >= 4 is 0 Å². The number of hydrogen-bond acceptors (Lipinski definition) is 1. The van der Waals surface area contributed by atoms with Crippen LogP contribution >= 0.6 is 0 Å². The van der Waals surface area contributed by atoms with E-state index in [2.05, 4.69) is 18.2 Å². The highest BCUT2D eigenvalue weighted by molar-refractivity contribution is 5.24. The lowest BCUT2D eigenvalue weighted by Gasteiger charge is -2.37. The third-order valence-electron chi connectivity index (χ3n) is 2.89. The summed E-state index contributed by atoms with van der Waals surface area (Å²) in [5.41, 5.74) is 0.997. The summed E-state index contributed by atoms with van der Waals surface area (Å²) >= 11 is 0. The molecule has 0 amide bonds. The van der Waals surface area contributed by atoms with Gasteiger partial charge in [-0.3, -0.25) is 0 Å². The average Bonchev–Trinajstić information content (AvgIpc) is 2.04. The van der Waals surface area contributed by atoms with Crippen LogP contribution in [0.1, 0.15) is 38.5 Å². The van der Waals surface area contributed by atoms with Gasteiger partial charge in [0.15, 0.2) is 0 Å². The van der Waals surface area contributed by atoms with E-state index in [0.717, 1.165) is 25.7 Å². The van der Waals surface area contributed by atoms with Crippen molar-refractivity contribution in [3.05, 3.63) is 23.8 Å². The second-order valence-electron chi connectivity index (χ2n) is 4.01. The van der Waals surface area contributed by atoms with Crippen LogP contribution in [0.2, 0.25) is 0 Å². The second kappa shape index (κ2) is 3.06. The predicted molar refractivity (Wildman–Crippen MR) is 49.9 cm³/mol. The predicted octanol–water partition coefficient (Wildman–Crippen LogP) is 2.57. The SMILES string of the molecule is OC1(CC2=CCCC=C2)CCC1. The van der Waals surface area contributed by atoms with E-state index >= 15 is 0 Å². The van der Waals surface area contributed by atoms with Crippen molar-refractivity contribution in [1.82, 2.24) is 0 Å². The Balaban J connectivity index is 1.93. The Hall–Kier alpha value is -0.560. The highest BCUT2D eigenvalue weighted by Gasteiger charge is 2.34. The fourth-order valence-corrected chi connectivity index (χ4v) is 1.94. The molecule has 12 heavy (non-hydrogen) atoms. The molecule has 1 fully saturated rings. The van der Waals surface area contributed by atoms with E-state index in [1.165, 1.54) is 18.4 Å². The van der Waals surface area contributed by atoms with Gasteiger partial charge in [-0.2, -0.15) is 0 Å². The van der Waals surface area contributed by atoms with Crippen molar-refractivity contribution in [3.63, 3.8) is 0 Å². The molecule has 0 unspecified atom stereocenters. The number of rotatable bonds is 2. The summed E-state index contributed by atoms with van der Waals surface area (Å²) in [6.45, 7) is 0. The summed E-state index contributed by atoms with van der Waals surface area (Å²) in [5, 5.41) is 9.89. The first-order valence-corrected chi connectivity index (χ1v) is 4.87. The lowest BCUT2D eigenvalue weighted by Crippen LogP contribution is -2.36. The maximum absolute atomic E-state index is 9.89. The molecule has 2 aliphatic rings. The Labute approximate surface area is 73.8 Å². The molecule has 0 aromatic rings. The Bertz CT molecular complexity index is 221. The van der Waals surface area contributed by atoms with Crippen LogP contribution in [0.25, 0.3) is 0 Å². The van der Waals surface area contributed by atoms with E-state index in [1.54, 1.807) is 0 Å². The van der Waals surface area contributed by atoms with Gasteiger partial charge in [-0.05, 0) is 37.7 Å². The van der Waals surface area contributed by atoms with E-state index in [0.29, 0.717) is 0 Å². The molecule has 0 atom stereocenters. The first kappa shape index (κ1) is 8.06. The summed E-state index contributed by atoms with van der Waals surface area (Å²) in [6.07, 6.45) is 13.0. The minimum atomic E-state index is -0.340. The van der Waals surface area contributed by atoms with Crippen molar-refractivity contribution in [2.75, 3.05) is 0 Å². The monoisotopic (exact) mass is 164 g/mol. The Morgan fingerprint density at radius 3 is 2.67 bits per heavy atom. The summed E-state index contributed by atoms with van der Waals surface area (Å²) in [7, 11) is 0. The molecule has 0 heterocycles. The van der Waals surface area contributed by atoms with Crippen molar-refractivity contribution in [3.8, 4) is 0 Å². The van der Waals surface area contributed by atoms with Crippen LogP contribution in [-0.2, 0) is 0 Å². The lowest BCUT2D eigenvalue weighted by molar-refractivity contribution is -0.0316. The summed E-state index contributed by atoms with van der Waals surface area (Å²) < 4.78 is 0. The molecule has 2 rings (SSSR count). The third kappa shape index (κ3) is 1.61. The van der Waals surface area contributed by atoms with Crippen molar-refractivity contribution < 1.29 is 5.11 Å². The van der Waals surface area contributed by atoms with E-state index in [-0.39, 0.29) is 5.60 Å². The van der Waals surface area contributed by atoms with E-state index in [9.17, 15) is 5.11 Å². The molecule has 1 heteroatoms. The first-order valence-electron chi connectivity index (χ1n) is 4.87. The molecule has 1 nitrogen and oxygen atoms in total. The lowest BCUT2D eigenvalue weighted by atomic mass is 9.75. The molecule has 1 N–H and O–H groups in total. The zero-order valence-corrected chi connectivity index (χ0v) is 7.42. The zero-order chi connectivity index (χ0) is 8.44. The summed E-state index contributed by atoms with van der Waals surface area (Å²) in [6, 6.07) is 0. The standard InChI is InChI=1S/C11H16O/c12-11(7-4-8-11)9-10-5-2-1-3-6-10/h2,5-6,12H,1,3-4,7-9H2. The fraction of sp³-hybridized carbons (Fsp3) is 0.636. The summed E-state index contributed by atoms with van der Waals surface area (Å²) in [4.78, 5) is 0. The van der Waals surface area contributed by atoms with Gasteiger partial charge < -0.3 is 5.11 Å². The Kier molecular flexibility index (Phi) is 2.05. The molecule has 0 aliphatic heterocycles. The fourth-order valence-electron chi connectivity index (χ4n) is 1.94. The number of hydrogen-bond donors (Lipinski definition) is 1. The van der Waals surface area contributed by atoms with Gasteiger partial charge in [0, 0.05) is 6.42 Å². The normalized spacial score (nSPS) is 26.2. The summed E-state index contributed by atoms with van der Waals surface area (Å²) in [5.74, 6) is 0. The molecular weight excluding hydrogens is 148 g/mol. The van der Waals surface area contributed by atoms with Crippen LogP contribution in [0, 0.1) is 0 Å². The van der Waals surface area contributed by atoms with Crippen LogP contribution in [0.3, 0.4) is 0 Å². The zero-order valence-electron chi connectivity index (χ0n) is 7.42. The van der Waals surface area contributed by atoms with Gasteiger partial charge in [0.25, 0.3) is 0 Å². The van der Waals surface area contributed by atoms with Gasteiger partial charge in [0.1, 0.15) is 0 Å². The molecule has 0 bridgehead atoms. The molecule has 1 saturated carbocycles. The van der Waals surface area contributed by atoms with E-state index in [4.69, 9.17) is 0 Å². The maximum atomic E-state index is 9.89. The quantitative estimate of drug-likeness (QED) is 0.665. The molecule has 0 aromatic carbocycles. The van der Waals surface area contributed by atoms with Crippen LogP contribution in [0.15, 0.2) is 23.8 Å². The minimum absolute atomic E-state index is 0.340. The van der Waals surface area contributed by atoms with Gasteiger partial charge in [-0.1, -0.05) is 18.2 Å². The van der Waals surface area contributed by atoms with Gasteiger partial charge in [0.05, 0.1) is 5.60 Å². The topological polar surface area (TPSA) is 20.2 Å².